The fourth-order valence-electron chi connectivity index (χ4n) is 2.50. The minimum absolute atomic E-state index is 0.157. The average molecular weight is 311 g/mol. The molecule has 2 rings (SSSR count). The molecule has 1 aromatic carbocycles. The Kier molecular flexibility index (Phi) is 5.07. The first kappa shape index (κ1) is 15.6. The molecule has 1 atom stereocenters. The molecule has 1 aliphatic heterocycles. The van der Waals surface area contributed by atoms with E-state index in [1.54, 1.807) is 17.0 Å². The molecule has 0 aromatic heterocycles. The Morgan fingerprint density at radius 2 is 2.24 bits per heavy atom. The third kappa shape index (κ3) is 4.36. The monoisotopic (exact) mass is 310 g/mol. The fourth-order valence-corrected chi connectivity index (χ4v) is 2.78. The molecule has 2 N–H and O–H groups in total. The summed E-state index contributed by atoms with van der Waals surface area (Å²) >= 11 is 6.10. The Labute approximate surface area is 128 Å². The van der Waals surface area contributed by atoms with Crippen molar-refractivity contribution >= 4 is 29.3 Å². The van der Waals surface area contributed by atoms with Gasteiger partial charge in [-0.1, -0.05) is 17.7 Å². The van der Waals surface area contributed by atoms with Crippen molar-refractivity contribution in [2.45, 2.75) is 26.2 Å². The molecule has 6 heteroatoms. The number of hydrogen-bond donors (Lipinski definition) is 2. The van der Waals surface area contributed by atoms with Crippen LogP contribution < -0.4 is 5.32 Å². The number of carbonyl (C=O) groups is 2. The normalized spacial score (nSPS) is 17.8. The molecule has 114 valence electrons. The Morgan fingerprint density at radius 3 is 2.90 bits per heavy atom. The molecule has 1 aliphatic rings. The van der Waals surface area contributed by atoms with Crippen LogP contribution >= 0.6 is 11.6 Å². The number of aliphatic carboxylic acids is 1. The van der Waals surface area contributed by atoms with Crippen LogP contribution in [0, 0.1) is 12.8 Å². The van der Waals surface area contributed by atoms with Gasteiger partial charge in [0.2, 0.25) is 0 Å². The maximum absolute atomic E-state index is 12.2. The zero-order chi connectivity index (χ0) is 15.4. The molecule has 21 heavy (non-hydrogen) atoms. The van der Waals surface area contributed by atoms with Gasteiger partial charge < -0.3 is 15.3 Å². The second-order valence-corrected chi connectivity index (χ2v) is 5.85. The van der Waals surface area contributed by atoms with Gasteiger partial charge in [0.1, 0.15) is 0 Å². The predicted octanol–water partition coefficient (Wildman–Crippen LogP) is 3.37. The van der Waals surface area contributed by atoms with Crippen LogP contribution in [0.25, 0.3) is 0 Å². The van der Waals surface area contributed by atoms with E-state index in [4.69, 9.17) is 16.7 Å². The Hall–Kier alpha value is -1.75. The summed E-state index contributed by atoms with van der Waals surface area (Å²) in [5.41, 5.74) is 1.63. The first-order valence-electron chi connectivity index (χ1n) is 6.99. The highest BCUT2D eigenvalue weighted by Gasteiger charge is 2.26. The van der Waals surface area contributed by atoms with E-state index in [1.165, 1.54) is 0 Å². The van der Waals surface area contributed by atoms with Crippen LogP contribution in [0.15, 0.2) is 18.2 Å². The van der Waals surface area contributed by atoms with Gasteiger partial charge in [-0.3, -0.25) is 4.79 Å². The van der Waals surface area contributed by atoms with E-state index < -0.39 is 5.97 Å². The van der Waals surface area contributed by atoms with Crippen molar-refractivity contribution in [3.05, 3.63) is 28.8 Å². The lowest BCUT2D eigenvalue weighted by molar-refractivity contribution is -0.137. The number of carboxylic acids is 1. The molecule has 5 nitrogen and oxygen atoms in total. The van der Waals surface area contributed by atoms with E-state index in [1.807, 2.05) is 13.0 Å². The fraction of sp³-hybridized carbons (Fsp3) is 0.467. The number of nitrogens with one attached hydrogen (secondary N) is 1. The van der Waals surface area contributed by atoms with E-state index in [-0.39, 0.29) is 18.4 Å². The zero-order valence-electron chi connectivity index (χ0n) is 11.9. The van der Waals surface area contributed by atoms with Crippen LogP contribution in [0.3, 0.4) is 0 Å². The van der Waals surface area contributed by atoms with Gasteiger partial charge in [-0.05, 0) is 43.4 Å². The number of carboxylic acid groups (broad SMARTS) is 1. The van der Waals surface area contributed by atoms with Crippen molar-refractivity contribution in [2.75, 3.05) is 18.4 Å². The number of amides is 2. The average Bonchev–Trinajstić information content (AvgIpc) is 2.88. The smallest absolute Gasteiger partial charge is 0.321 e. The van der Waals surface area contributed by atoms with Crippen molar-refractivity contribution in [1.82, 2.24) is 4.90 Å². The highest BCUT2D eigenvalue weighted by molar-refractivity contribution is 6.33. The number of anilines is 1. The standard InChI is InChI=1S/C15H19ClN2O3/c1-10-2-4-13(12(16)8-10)17-15(21)18-7-6-11(9-18)3-5-14(19)20/h2,4,8,11H,3,5-7,9H2,1H3,(H,17,21)(H,19,20). The molecule has 1 fully saturated rings. The summed E-state index contributed by atoms with van der Waals surface area (Å²) in [7, 11) is 0. The lowest BCUT2D eigenvalue weighted by Crippen LogP contribution is -2.33. The predicted molar refractivity (Wildman–Crippen MR) is 81.8 cm³/mol. The number of halogens is 1. The summed E-state index contributed by atoms with van der Waals surface area (Å²) in [4.78, 5) is 24.5. The van der Waals surface area contributed by atoms with Crippen molar-refractivity contribution in [2.24, 2.45) is 5.92 Å². The summed E-state index contributed by atoms with van der Waals surface area (Å²) in [6.45, 7) is 3.19. The van der Waals surface area contributed by atoms with Gasteiger partial charge in [0.25, 0.3) is 0 Å². The molecule has 1 saturated heterocycles. The van der Waals surface area contributed by atoms with Crippen LogP contribution in [0.5, 0.6) is 0 Å². The highest BCUT2D eigenvalue weighted by atomic mass is 35.5. The third-order valence-electron chi connectivity index (χ3n) is 3.71. The van der Waals surface area contributed by atoms with E-state index in [0.717, 1.165) is 12.0 Å². The van der Waals surface area contributed by atoms with Crippen LogP contribution in [0.1, 0.15) is 24.8 Å². The molecular formula is C15H19ClN2O3. The first-order valence-corrected chi connectivity index (χ1v) is 7.37. The molecule has 0 radical (unpaired) electrons. The van der Waals surface area contributed by atoms with Crippen molar-refractivity contribution < 1.29 is 14.7 Å². The van der Waals surface area contributed by atoms with Crippen molar-refractivity contribution in [3.63, 3.8) is 0 Å². The Morgan fingerprint density at radius 1 is 1.48 bits per heavy atom. The van der Waals surface area contributed by atoms with E-state index in [9.17, 15) is 9.59 Å². The number of hydrogen-bond acceptors (Lipinski definition) is 2. The lowest BCUT2D eigenvalue weighted by atomic mass is 10.0. The van der Waals surface area contributed by atoms with Gasteiger partial charge in [0, 0.05) is 19.5 Å². The van der Waals surface area contributed by atoms with E-state index >= 15 is 0 Å². The lowest BCUT2D eigenvalue weighted by Gasteiger charge is -2.18. The maximum atomic E-state index is 12.2. The molecule has 1 heterocycles. The first-order chi connectivity index (χ1) is 9.95. The molecule has 0 bridgehead atoms. The van der Waals surface area contributed by atoms with Gasteiger partial charge in [-0.15, -0.1) is 0 Å². The molecule has 0 saturated carbocycles. The topological polar surface area (TPSA) is 69.6 Å². The van der Waals surface area contributed by atoms with E-state index in [2.05, 4.69) is 5.32 Å². The van der Waals surface area contributed by atoms with Crippen LogP contribution in [0.2, 0.25) is 5.02 Å². The summed E-state index contributed by atoms with van der Waals surface area (Å²) in [6.07, 6.45) is 1.62. The van der Waals surface area contributed by atoms with Crippen molar-refractivity contribution in [3.8, 4) is 0 Å². The van der Waals surface area contributed by atoms with Crippen molar-refractivity contribution in [1.29, 1.82) is 0 Å². The molecule has 1 unspecified atom stereocenters. The number of rotatable bonds is 4. The molecule has 2 amide bonds. The van der Waals surface area contributed by atoms with Crippen LogP contribution in [0.4, 0.5) is 10.5 Å². The van der Waals surface area contributed by atoms with Gasteiger partial charge in [0.05, 0.1) is 10.7 Å². The van der Waals surface area contributed by atoms with Gasteiger partial charge in [-0.25, -0.2) is 4.79 Å². The minimum atomic E-state index is -0.788. The van der Waals surface area contributed by atoms with Gasteiger partial charge >= 0.3 is 12.0 Å². The Balaban J connectivity index is 1.88. The number of nitrogens with zero attached hydrogens (tertiary/aromatic N) is 1. The number of carbonyl (C=O) groups excluding carboxylic acids is 1. The van der Waals surface area contributed by atoms with E-state index in [0.29, 0.717) is 30.2 Å². The molecular weight excluding hydrogens is 292 g/mol. The summed E-state index contributed by atoms with van der Waals surface area (Å²) in [6, 6.07) is 5.30. The summed E-state index contributed by atoms with van der Waals surface area (Å²) in [5.74, 6) is -0.523. The zero-order valence-corrected chi connectivity index (χ0v) is 12.7. The summed E-state index contributed by atoms with van der Waals surface area (Å²) in [5, 5.41) is 12.0. The van der Waals surface area contributed by atoms with Crippen LogP contribution in [-0.2, 0) is 4.79 Å². The van der Waals surface area contributed by atoms with Crippen LogP contribution in [-0.4, -0.2) is 35.1 Å². The largest absolute Gasteiger partial charge is 0.481 e. The third-order valence-corrected chi connectivity index (χ3v) is 4.02. The van der Waals surface area contributed by atoms with Gasteiger partial charge in [-0.2, -0.15) is 0 Å². The SMILES string of the molecule is Cc1ccc(NC(=O)N2CCC(CCC(=O)O)C2)c(Cl)c1. The molecule has 0 spiro atoms. The quantitative estimate of drug-likeness (QED) is 0.896. The maximum Gasteiger partial charge on any atom is 0.321 e. The molecule has 0 aliphatic carbocycles. The molecule has 1 aromatic rings. The number of aryl methyl sites for hydroxylation is 1. The Bertz CT molecular complexity index is 548. The van der Waals surface area contributed by atoms with Gasteiger partial charge in [0.15, 0.2) is 0 Å². The summed E-state index contributed by atoms with van der Waals surface area (Å²) < 4.78 is 0. The minimum Gasteiger partial charge on any atom is -0.481 e. The number of urea groups is 1. The second-order valence-electron chi connectivity index (χ2n) is 5.45. The second kappa shape index (κ2) is 6.80. The highest BCUT2D eigenvalue weighted by Crippen LogP contribution is 2.25. The number of likely N-dealkylation sites (tertiary alicyclic amines) is 1. The number of benzene rings is 1.